The fraction of sp³-hybridized carbons (Fsp3) is 0.577. The minimum absolute atomic E-state index is 0.0368. The van der Waals surface area contributed by atoms with Gasteiger partial charge in [0.25, 0.3) is 11.8 Å². The number of fused-ring (bicyclic) bond motifs is 2. The molecule has 0 bridgehead atoms. The van der Waals surface area contributed by atoms with Crippen LogP contribution in [0.25, 0.3) is 0 Å². The fourth-order valence-corrected chi connectivity index (χ4v) is 5.28. The molecule has 180 valence electrons. The molecule has 1 amide bonds. The smallest absolute Gasteiger partial charge is 0.285 e. The highest BCUT2D eigenvalue weighted by Gasteiger charge is 2.43. The predicted octanol–water partition coefficient (Wildman–Crippen LogP) is 5.75. The van der Waals surface area contributed by atoms with Crippen LogP contribution < -0.4 is 9.47 Å². The van der Waals surface area contributed by atoms with Gasteiger partial charge in [0, 0.05) is 43.2 Å². The summed E-state index contributed by atoms with van der Waals surface area (Å²) in [4.78, 5) is 15.1. The Bertz CT molecular complexity index is 1000. The summed E-state index contributed by atoms with van der Waals surface area (Å²) in [5.74, 6) is -1.71. The molecule has 2 aliphatic rings. The van der Waals surface area contributed by atoms with Crippen molar-refractivity contribution >= 4 is 5.91 Å². The molecule has 1 aromatic heterocycles. The second-order valence-electron chi connectivity index (χ2n) is 9.52. The van der Waals surface area contributed by atoms with Crippen LogP contribution in [0.2, 0.25) is 0 Å². The number of hydrogen-bond acceptors (Lipinski definition) is 3. The Balaban J connectivity index is 1.49. The fourth-order valence-electron chi connectivity index (χ4n) is 5.28. The van der Waals surface area contributed by atoms with E-state index in [2.05, 4.69) is 6.92 Å². The van der Waals surface area contributed by atoms with Crippen molar-refractivity contribution in [3.8, 4) is 11.5 Å². The van der Waals surface area contributed by atoms with Gasteiger partial charge in [-0.25, -0.2) is 8.78 Å². The van der Waals surface area contributed by atoms with E-state index in [-0.39, 0.29) is 23.1 Å². The van der Waals surface area contributed by atoms with E-state index in [1.165, 1.54) is 0 Å². The summed E-state index contributed by atoms with van der Waals surface area (Å²) in [6.45, 7) is 6.86. The van der Waals surface area contributed by atoms with Crippen molar-refractivity contribution in [1.29, 1.82) is 0 Å². The Morgan fingerprint density at radius 2 is 1.85 bits per heavy atom. The van der Waals surface area contributed by atoms with E-state index in [1.54, 1.807) is 31.4 Å². The van der Waals surface area contributed by atoms with Crippen LogP contribution in [0.5, 0.6) is 11.5 Å². The monoisotopic (exact) mass is 460 g/mol. The van der Waals surface area contributed by atoms with Gasteiger partial charge in [0.05, 0.1) is 18.9 Å². The number of likely N-dealkylation sites (tertiary alicyclic amines) is 1. The van der Waals surface area contributed by atoms with Crippen molar-refractivity contribution in [2.45, 2.75) is 76.9 Å². The number of carbonyl (C=O) groups is 1. The first-order valence-electron chi connectivity index (χ1n) is 11.9. The number of aromatic nitrogens is 1. The Labute approximate surface area is 194 Å². The third-order valence-corrected chi connectivity index (χ3v) is 7.33. The molecule has 1 unspecified atom stereocenters. The lowest BCUT2D eigenvalue weighted by Crippen LogP contribution is -2.47. The molecule has 7 heteroatoms. The van der Waals surface area contributed by atoms with Crippen LogP contribution in [-0.2, 0) is 17.9 Å². The molecule has 3 heterocycles. The third kappa shape index (κ3) is 4.46. The van der Waals surface area contributed by atoms with Crippen LogP contribution in [0.15, 0.2) is 30.3 Å². The van der Waals surface area contributed by atoms with E-state index < -0.39 is 5.92 Å². The number of methoxy groups -OCH3 is 1. The molecule has 33 heavy (non-hydrogen) atoms. The van der Waals surface area contributed by atoms with Gasteiger partial charge < -0.3 is 18.9 Å². The number of rotatable bonds is 6. The molecule has 2 aliphatic heterocycles. The maximum atomic E-state index is 14.1. The maximum Gasteiger partial charge on any atom is 0.285 e. The molecular weight excluding hydrogens is 426 g/mol. The molecule has 5 nitrogen and oxygen atoms in total. The minimum Gasteiger partial charge on any atom is -0.493 e. The number of amides is 1. The molecule has 4 rings (SSSR count). The Hall–Kier alpha value is -2.57. The quantitative estimate of drug-likeness (QED) is 0.551. The van der Waals surface area contributed by atoms with Gasteiger partial charge >= 0.3 is 0 Å². The second kappa shape index (κ2) is 8.99. The first-order valence-corrected chi connectivity index (χ1v) is 11.9. The number of carbonyl (C=O) groups excluding carboxylic acids is 1. The lowest BCUT2D eigenvalue weighted by molar-refractivity contribution is 0.00699. The average molecular weight is 461 g/mol. The van der Waals surface area contributed by atoms with Crippen molar-refractivity contribution in [1.82, 2.24) is 9.47 Å². The molecule has 1 spiro atoms. The minimum atomic E-state index is -2.85. The molecule has 1 atom stereocenters. The second-order valence-corrected chi connectivity index (χ2v) is 9.52. The van der Waals surface area contributed by atoms with Crippen LogP contribution in [0.3, 0.4) is 0 Å². The van der Waals surface area contributed by atoms with Gasteiger partial charge in [0.15, 0.2) is 11.5 Å². The molecule has 1 saturated heterocycles. The standard InChI is InChI=1S/C26H34F2N2O3/c1-5-18(2)33-20-8-7-19(17-21(20)32-4)24(31)29-15-12-26(13-16-29)11-6-14-30-22(25(3,27)28)9-10-23(26)30/h7-10,17-18H,5-6,11-16H2,1-4H3. The SMILES string of the molecule is CCC(C)Oc1ccc(C(=O)N2CCC3(CCCn4c(C(C)(F)F)ccc43)CC2)cc1OC. The van der Waals surface area contributed by atoms with Crippen molar-refractivity contribution in [2.75, 3.05) is 20.2 Å². The third-order valence-electron chi connectivity index (χ3n) is 7.33. The van der Waals surface area contributed by atoms with Crippen molar-refractivity contribution in [3.05, 3.63) is 47.3 Å². The molecular formula is C26H34F2N2O3. The van der Waals surface area contributed by atoms with Gasteiger partial charge in [-0.1, -0.05) is 6.92 Å². The lowest BCUT2D eigenvalue weighted by atomic mass is 9.70. The number of halogens is 2. The van der Waals surface area contributed by atoms with E-state index in [0.29, 0.717) is 36.7 Å². The zero-order valence-electron chi connectivity index (χ0n) is 20.0. The van der Waals surface area contributed by atoms with Crippen molar-refractivity contribution < 1.29 is 23.0 Å². The zero-order valence-corrected chi connectivity index (χ0v) is 20.0. The van der Waals surface area contributed by atoms with Crippen molar-refractivity contribution in [3.63, 3.8) is 0 Å². The molecule has 0 aliphatic carbocycles. The molecule has 0 saturated carbocycles. The zero-order chi connectivity index (χ0) is 23.8. The number of alkyl halides is 2. The number of ether oxygens (including phenoxy) is 2. The first kappa shape index (κ1) is 23.6. The molecule has 0 N–H and O–H groups in total. The van der Waals surface area contributed by atoms with Crippen LogP contribution in [0.1, 0.15) is 74.6 Å². The summed E-state index contributed by atoms with van der Waals surface area (Å²) >= 11 is 0. The molecule has 1 aromatic carbocycles. The molecule has 2 aromatic rings. The summed E-state index contributed by atoms with van der Waals surface area (Å²) in [5, 5.41) is 0. The van der Waals surface area contributed by atoms with Gasteiger partial charge in [-0.15, -0.1) is 0 Å². The Morgan fingerprint density at radius 3 is 2.48 bits per heavy atom. The summed E-state index contributed by atoms with van der Waals surface area (Å²) in [5.41, 5.74) is 1.54. The summed E-state index contributed by atoms with van der Waals surface area (Å²) in [7, 11) is 1.57. The number of benzene rings is 1. The van der Waals surface area contributed by atoms with Crippen LogP contribution in [0, 0.1) is 0 Å². The predicted molar refractivity (Wildman–Crippen MR) is 123 cm³/mol. The number of nitrogens with zero attached hydrogens (tertiary/aromatic N) is 2. The topological polar surface area (TPSA) is 43.7 Å². The lowest BCUT2D eigenvalue weighted by Gasteiger charge is -2.45. The highest BCUT2D eigenvalue weighted by molar-refractivity contribution is 5.95. The number of piperidine rings is 1. The molecule has 1 fully saturated rings. The van der Waals surface area contributed by atoms with Gasteiger partial charge in [-0.05, 0) is 69.4 Å². The average Bonchev–Trinajstić information content (AvgIpc) is 3.26. The van der Waals surface area contributed by atoms with Gasteiger partial charge in [0.2, 0.25) is 0 Å². The normalized spacial score (nSPS) is 18.7. The number of hydrogen-bond donors (Lipinski definition) is 0. The van der Waals surface area contributed by atoms with Gasteiger partial charge in [-0.3, -0.25) is 4.79 Å². The van der Waals surface area contributed by atoms with Crippen LogP contribution in [-0.4, -0.2) is 41.7 Å². The van der Waals surface area contributed by atoms with Crippen molar-refractivity contribution in [2.24, 2.45) is 0 Å². The molecule has 0 radical (unpaired) electrons. The van der Waals surface area contributed by atoms with Gasteiger partial charge in [-0.2, -0.15) is 0 Å². The van der Waals surface area contributed by atoms with E-state index in [9.17, 15) is 13.6 Å². The summed E-state index contributed by atoms with van der Waals surface area (Å²) < 4.78 is 41.3. The van der Waals surface area contributed by atoms with E-state index >= 15 is 0 Å². The largest absolute Gasteiger partial charge is 0.493 e. The Kier molecular flexibility index (Phi) is 6.43. The van der Waals surface area contributed by atoms with E-state index in [4.69, 9.17) is 9.47 Å². The Morgan fingerprint density at radius 1 is 1.12 bits per heavy atom. The van der Waals surface area contributed by atoms with E-state index in [0.717, 1.165) is 44.7 Å². The highest BCUT2D eigenvalue weighted by Crippen LogP contribution is 2.45. The van der Waals surface area contributed by atoms with Crippen LogP contribution in [0.4, 0.5) is 8.78 Å². The highest BCUT2D eigenvalue weighted by atomic mass is 19.3. The van der Waals surface area contributed by atoms with Gasteiger partial charge in [0.1, 0.15) is 0 Å². The summed E-state index contributed by atoms with van der Waals surface area (Å²) in [6.07, 6.45) is 4.35. The maximum absolute atomic E-state index is 14.1. The first-order chi connectivity index (χ1) is 15.7. The van der Waals surface area contributed by atoms with Crippen LogP contribution >= 0.6 is 0 Å². The van der Waals surface area contributed by atoms with E-state index in [1.807, 2.05) is 22.5 Å². The summed E-state index contributed by atoms with van der Waals surface area (Å²) in [6, 6.07) is 8.78.